The van der Waals surface area contributed by atoms with Crippen LogP contribution in [0.15, 0.2) is 35.3 Å². The number of aromatic nitrogens is 4. The molecule has 20 N–H and O–H groups in total. The topological polar surface area (TPSA) is 595 Å². The van der Waals surface area contributed by atoms with Gasteiger partial charge in [0.05, 0.1) is 24.9 Å². The number of anilines is 2. The molecule has 0 unspecified atom stereocenters. The fourth-order valence-electron chi connectivity index (χ4n) is 7.58. The third kappa shape index (κ3) is 15.3. The molecule has 3 rings (SSSR count). The van der Waals surface area contributed by atoms with Crippen molar-refractivity contribution in [1.29, 1.82) is 0 Å². The fourth-order valence-corrected chi connectivity index (χ4v) is 7.58. The molecule has 77 heavy (non-hydrogen) atoms. The van der Waals surface area contributed by atoms with Gasteiger partial charge in [-0.25, -0.2) is 14.8 Å². The van der Waals surface area contributed by atoms with Crippen LogP contribution in [0.2, 0.25) is 0 Å². The molecule has 0 aliphatic heterocycles. The van der Waals surface area contributed by atoms with E-state index in [-0.39, 0.29) is 35.0 Å². The van der Waals surface area contributed by atoms with Crippen molar-refractivity contribution < 1.29 is 97.7 Å². The summed E-state index contributed by atoms with van der Waals surface area (Å²) in [6, 6.07) is -6.33. The van der Waals surface area contributed by atoms with Crippen LogP contribution in [-0.4, -0.2) is 168 Å². The lowest BCUT2D eigenvalue weighted by atomic mass is 9.56. The molecule has 0 spiro atoms. The van der Waals surface area contributed by atoms with E-state index in [1.54, 1.807) is 0 Å². The van der Waals surface area contributed by atoms with Gasteiger partial charge in [-0.2, -0.15) is 4.98 Å². The van der Waals surface area contributed by atoms with E-state index in [4.69, 9.17) is 39.1 Å². The lowest BCUT2D eigenvalue weighted by Gasteiger charge is -2.49. The van der Waals surface area contributed by atoms with Crippen LogP contribution in [0.5, 0.6) is 0 Å². The summed E-state index contributed by atoms with van der Waals surface area (Å²) in [6.07, 6.45) is -13.5. The van der Waals surface area contributed by atoms with Gasteiger partial charge in [0.25, 0.3) is 11.5 Å². The number of hydrogen-bond donors (Lipinski definition) is 14. The van der Waals surface area contributed by atoms with Gasteiger partial charge in [0.2, 0.25) is 17.4 Å². The summed E-state index contributed by atoms with van der Waals surface area (Å²) in [7, 11) is 0. The van der Waals surface area contributed by atoms with Crippen LogP contribution in [0, 0.1) is 5.41 Å². The maximum absolute atomic E-state index is 15.6. The lowest BCUT2D eigenvalue weighted by molar-refractivity contribution is -0.187. The first-order valence-corrected chi connectivity index (χ1v) is 22.6. The molecular formula is C44H54N12O21. The largest absolute Gasteiger partial charge is 0.481 e. The predicted octanol–water partition coefficient (Wildman–Crippen LogP) is -4.19. The number of ketones is 3. The summed E-state index contributed by atoms with van der Waals surface area (Å²) < 4.78 is 5.00. The molecule has 33 nitrogen and oxygen atoms in total. The average Bonchev–Trinajstić information content (AvgIpc) is 3.36. The Morgan fingerprint density at radius 1 is 0.623 bits per heavy atom. The molecule has 0 saturated heterocycles. The Balaban J connectivity index is 2.61. The standard InChI is InChI=1S/C44H54N12O21/c45-21(36(66)67)5-10-26(57)43(15-30(61)62,27(58)11-6-22(46)37(68)69)44(28(59)12-7-23(47)38(70)71,41(76)77-31(63)14-9-25(49)40(74)75)56(29(60)13-8-24(48)39(72)73)35(65)18-1-3-19(4-2-18)51-16-20-17-52-33-32(53-20)34(64)55-42(50)54-33/h1-4,17,21-25,51H,5-16,45-49H2,(H,61,62)(H,66,67)(H,68,69)(H,70,71)(H,72,73)(H,74,75)(H3,50,52,54,55,64)/t21-,22-,23-,24-,25-,44-/m1/s1. The number of fused-ring (bicyclic) bond motifs is 1. The quantitative estimate of drug-likeness (QED) is 0.0208. The molecule has 2 heterocycles. The number of rotatable bonds is 32. The number of esters is 2. The number of nitrogens with zero attached hydrogens (tertiary/aromatic N) is 4. The number of imide groups is 1. The van der Waals surface area contributed by atoms with E-state index in [1.807, 2.05) is 0 Å². The highest BCUT2D eigenvalue weighted by Gasteiger charge is 2.74. The number of benzene rings is 1. The number of carbonyl (C=O) groups is 13. The summed E-state index contributed by atoms with van der Waals surface area (Å²) in [6.45, 7) is -0.221. The van der Waals surface area contributed by atoms with Gasteiger partial charge in [-0.1, -0.05) is 0 Å². The summed E-state index contributed by atoms with van der Waals surface area (Å²) in [5, 5.41) is 61.5. The number of Topliss-reactive ketones (excluding diaryl/α,β-unsaturated/α-hetero) is 3. The third-order valence-electron chi connectivity index (χ3n) is 11.7. The number of aliphatic carboxylic acids is 6. The van der Waals surface area contributed by atoms with Crippen molar-refractivity contribution in [3.8, 4) is 0 Å². The molecule has 1 aromatic carbocycles. The molecule has 0 bridgehead atoms. The minimum atomic E-state index is -4.60. The Morgan fingerprint density at radius 2 is 1.06 bits per heavy atom. The Morgan fingerprint density at radius 3 is 1.52 bits per heavy atom. The number of carbonyl (C=O) groups excluding carboxylic acids is 7. The number of aromatic amines is 1. The van der Waals surface area contributed by atoms with Crippen LogP contribution in [-0.2, 0) is 68.8 Å². The van der Waals surface area contributed by atoms with E-state index in [0.717, 1.165) is 24.3 Å². The number of carboxylic acid groups (broad SMARTS) is 6. The van der Waals surface area contributed by atoms with Crippen LogP contribution in [0.4, 0.5) is 11.6 Å². The van der Waals surface area contributed by atoms with Gasteiger partial charge in [0.1, 0.15) is 35.6 Å². The third-order valence-corrected chi connectivity index (χ3v) is 11.7. The second-order valence-electron chi connectivity index (χ2n) is 17.1. The first kappa shape index (κ1) is 62.2. The molecule has 0 fully saturated rings. The van der Waals surface area contributed by atoms with Crippen molar-refractivity contribution in [3.05, 3.63) is 52.1 Å². The smallest absolute Gasteiger partial charge is 0.349 e. The number of hydrogen-bond acceptors (Lipinski definition) is 25. The molecule has 0 aliphatic rings. The summed E-state index contributed by atoms with van der Waals surface area (Å²) in [5.74, 6) is -26.4. The zero-order valence-corrected chi connectivity index (χ0v) is 40.3. The monoisotopic (exact) mass is 1090 g/mol. The second kappa shape index (κ2) is 26.9. The predicted molar refractivity (Wildman–Crippen MR) is 255 cm³/mol. The van der Waals surface area contributed by atoms with Crippen LogP contribution in [0.25, 0.3) is 11.2 Å². The minimum Gasteiger partial charge on any atom is -0.481 e. The van der Waals surface area contributed by atoms with E-state index in [1.165, 1.54) is 6.20 Å². The first-order chi connectivity index (χ1) is 35.9. The zero-order chi connectivity index (χ0) is 58.3. The van der Waals surface area contributed by atoms with E-state index in [0.29, 0.717) is 0 Å². The van der Waals surface area contributed by atoms with Crippen molar-refractivity contribution in [2.45, 2.75) is 113 Å². The number of ether oxygens (including phenoxy) is 1. The normalized spacial score (nSPS) is 14.0. The van der Waals surface area contributed by atoms with Gasteiger partial charge in [-0.15, -0.1) is 0 Å². The van der Waals surface area contributed by atoms with Crippen molar-refractivity contribution in [2.24, 2.45) is 34.1 Å². The molecule has 0 aliphatic carbocycles. The molecule has 0 radical (unpaired) electrons. The maximum Gasteiger partial charge on any atom is 0.349 e. The van der Waals surface area contributed by atoms with Crippen molar-refractivity contribution in [2.75, 3.05) is 11.1 Å². The van der Waals surface area contributed by atoms with E-state index in [2.05, 4.69) is 25.3 Å². The van der Waals surface area contributed by atoms with Crippen molar-refractivity contribution in [3.63, 3.8) is 0 Å². The number of nitrogens with two attached hydrogens (primary N) is 6. The molecule has 416 valence electrons. The van der Waals surface area contributed by atoms with Crippen LogP contribution < -0.4 is 45.3 Å². The molecule has 2 aromatic heterocycles. The molecule has 33 heteroatoms. The number of H-pyrrole nitrogens is 1. The van der Waals surface area contributed by atoms with Gasteiger partial charge in [-0.3, -0.25) is 72.2 Å². The van der Waals surface area contributed by atoms with Gasteiger partial charge in [0.15, 0.2) is 28.5 Å². The zero-order valence-electron chi connectivity index (χ0n) is 40.3. The number of nitrogen functional groups attached to an aromatic ring is 1. The van der Waals surface area contributed by atoms with Crippen LogP contribution >= 0.6 is 0 Å². The lowest BCUT2D eigenvalue weighted by Crippen LogP contribution is -2.77. The highest BCUT2D eigenvalue weighted by Crippen LogP contribution is 2.48. The second-order valence-corrected chi connectivity index (χ2v) is 17.1. The Labute approximate surface area is 431 Å². The number of amides is 2. The van der Waals surface area contributed by atoms with Gasteiger partial charge in [-0.05, 0) is 56.4 Å². The highest BCUT2D eigenvalue weighted by molar-refractivity contribution is 6.28. The van der Waals surface area contributed by atoms with Crippen molar-refractivity contribution in [1.82, 2.24) is 24.8 Å². The maximum atomic E-state index is 15.6. The fraction of sp³-hybridized carbons (Fsp3) is 0.432. The first-order valence-electron chi connectivity index (χ1n) is 22.6. The van der Waals surface area contributed by atoms with E-state index < -0.39 is 205 Å². The van der Waals surface area contributed by atoms with E-state index in [9.17, 15) is 69.0 Å². The average molecular weight is 1090 g/mol. The molecule has 3 aromatic rings. The molecule has 2 amide bonds. The van der Waals surface area contributed by atoms with Gasteiger partial charge >= 0.3 is 47.8 Å². The number of carboxylic acids is 6. The van der Waals surface area contributed by atoms with Crippen LogP contribution in [0.3, 0.4) is 0 Å². The number of nitrogens with one attached hydrogen (secondary N) is 2. The summed E-state index contributed by atoms with van der Waals surface area (Å²) in [5.41, 5.74) is 23.2. The molecular weight excluding hydrogens is 1030 g/mol. The van der Waals surface area contributed by atoms with Gasteiger partial charge < -0.3 is 75.1 Å². The highest BCUT2D eigenvalue weighted by atomic mass is 16.6. The van der Waals surface area contributed by atoms with Crippen LogP contribution in [0.1, 0.15) is 86.7 Å². The SMILES string of the molecule is Nc1nc2ncc(CNc3ccc(C(=O)N(C(=O)CC[C@@H](N)C(=O)O)[C@](C(=O)CC[C@@H](N)C(=O)O)(C(=O)OC(=O)CC[C@@H](N)C(=O)O)C(CC(=O)O)(C(=O)CC[C@@H](N)C(=O)O)C(=O)CC[C@@H](N)C(=O)O)cc3)nc2c(=O)[nH]1. The Kier molecular flexibility index (Phi) is 21.8. The summed E-state index contributed by atoms with van der Waals surface area (Å²) in [4.78, 5) is 205. The van der Waals surface area contributed by atoms with E-state index >= 15 is 28.8 Å². The Bertz CT molecular complexity index is 2860. The summed E-state index contributed by atoms with van der Waals surface area (Å²) >= 11 is 0. The molecule has 0 saturated carbocycles. The Hall–Kier alpha value is -9.05. The molecule has 6 atom stereocenters. The minimum absolute atomic E-state index is 0.0720. The van der Waals surface area contributed by atoms with Gasteiger partial charge in [0, 0.05) is 43.4 Å². The van der Waals surface area contributed by atoms with Crippen molar-refractivity contribution >= 4 is 99.7 Å².